The standard InChI is InChI=1S/C27H36N2O2/c1-3-26(31-25-16-13-22-9-5-6-10-23(22)19-25)27(30)28-20(2)21-11-14-24(15-12-21)29-17-7-4-8-18-29/h11-16,19-20,26H,3-10,17-18H2,1-2H3,(H,28,30)/t20-,26-/m1/s1. The zero-order valence-electron chi connectivity index (χ0n) is 19.0. The summed E-state index contributed by atoms with van der Waals surface area (Å²) in [6.45, 7) is 6.33. The number of aryl methyl sites for hydroxylation is 2. The van der Waals surface area contributed by atoms with Crippen LogP contribution >= 0.6 is 0 Å². The van der Waals surface area contributed by atoms with Crippen molar-refractivity contribution in [3.05, 3.63) is 59.2 Å². The number of benzene rings is 2. The first kappa shape index (κ1) is 21.7. The van der Waals surface area contributed by atoms with Crippen molar-refractivity contribution in [2.45, 2.75) is 77.4 Å². The van der Waals surface area contributed by atoms with E-state index in [9.17, 15) is 4.79 Å². The molecule has 2 atom stereocenters. The third-order valence-electron chi connectivity index (χ3n) is 6.73. The predicted molar refractivity (Wildman–Crippen MR) is 127 cm³/mol. The van der Waals surface area contributed by atoms with Gasteiger partial charge in [-0.05, 0) is 99.2 Å². The summed E-state index contributed by atoms with van der Waals surface area (Å²) in [5, 5.41) is 3.15. The summed E-state index contributed by atoms with van der Waals surface area (Å²) in [4.78, 5) is 15.4. The molecule has 2 aliphatic rings. The fourth-order valence-corrected chi connectivity index (χ4v) is 4.79. The fourth-order valence-electron chi connectivity index (χ4n) is 4.79. The van der Waals surface area contributed by atoms with Gasteiger partial charge < -0.3 is 15.0 Å². The van der Waals surface area contributed by atoms with Crippen molar-refractivity contribution in [1.82, 2.24) is 5.32 Å². The molecule has 4 heteroatoms. The van der Waals surface area contributed by atoms with E-state index >= 15 is 0 Å². The third kappa shape index (κ3) is 5.41. The van der Waals surface area contributed by atoms with Gasteiger partial charge in [-0.1, -0.05) is 25.1 Å². The van der Waals surface area contributed by atoms with Crippen molar-refractivity contribution in [1.29, 1.82) is 0 Å². The molecule has 4 nitrogen and oxygen atoms in total. The Hall–Kier alpha value is -2.49. The first-order valence-electron chi connectivity index (χ1n) is 12.1. The molecule has 1 aliphatic carbocycles. The lowest BCUT2D eigenvalue weighted by Gasteiger charge is -2.29. The minimum Gasteiger partial charge on any atom is -0.481 e. The van der Waals surface area contributed by atoms with Gasteiger partial charge in [-0.25, -0.2) is 0 Å². The SMILES string of the molecule is CC[C@@H](Oc1ccc2c(c1)CCCC2)C(=O)N[C@H](C)c1ccc(N2CCCCC2)cc1. The van der Waals surface area contributed by atoms with Crippen LogP contribution in [0.4, 0.5) is 5.69 Å². The number of piperidine rings is 1. The first-order chi connectivity index (χ1) is 15.1. The Bertz CT molecular complexity index is 871. The van der Waals surface area contributed by atoms with Gasteiger partial charge in [0.1, 0.15) is 5.75 Å². The molecule has 2 aromatic carbocycles. The lowest BCUT2D eigenvalue weighted by molar-refractivity contribution is -0.128. The molecule has 4 rings (SSSR count). The Labute approximate surface area is 187 Å². The van der Waals surface area contributed by atoms with Crippen LogP contribution in [0.1, 0.15) is 75.1 Å². The van der Waals surface area contributed by atoms with Crippen molar-refractivity contribution >= 4 is 11.6 Å². The molecule has 166 valence electrons. The molecule has 1 fully saturated rings. The van der Waals surface area contributed by atoms with Gasteiger partial charge in [0.25, 0.3) is 5.91 Å². The Morgan fingerprint density at radius 3 is 2.39 bits per heavy atom. The van der Waals surface area contributed by atoms with Crippen LogP contribution < -0.4 is 15.0 Å². The number of hydrogen-bond acceptors (Lipinski definition) is 3. The second kappa shape index (κ2) is 10.2. The van der Waals surface area contributed by atoms with Gasteiger partial charge in [-0.2, -0.15) is 0 Å². The maximum Gasteiger partial charge on any atom is 0.261 e. The second-order valence-corrected chi connectivity index (χ2v) is 9.02. The molecule has 1 N–H and O–H groups in total. The van der Waals surface area contributed by atoms with E-state index < -0.39 is 6.10 Å². The van der Waals surface area contributed by atoms with Crippen LogP contribution in [0.5, 0.6) is 5.75 Å². The van der Waals surface area contributed by atoms with Crippen LogP contribution in [-0.2, 0) is 17.6 Å². The first-order valence-corrected chi connectivity index (χ1v) is 12.1. The highest BCUT2D eigenvalue weighted by atomic mass is 16.5. The number of nitrogens with zero attached hydrogens (tertiary/aromatic N) is 1. The number of ether oxygens (including phenoxy) is 1. The molecule has 1 aliphatic heterocycles. The zero-order chi connectivity index (χ0) is 21.6. The maximum absolute atomic E-state index is 12.9. The number of nitrogens with one attached hydrogen (secondary N) is 1. The molecule has 1 saturated heterocycles. The van der Waals surface area contributed by atoms with Gasteiger partial charge in [0.05, 0.1) is 6.04 Å². The summed E-state index contributed by atoms with van der Waals surface area (Å²) in [7, 11) is 0. The highest BCUT2D eigenvalue weighted by Gasteiger charge is 2.22. The van der Waals surface area contributed by atoms with Crippen molar-refractivity contribution in [3.8, 4) is 5.75 Å². The summed E-state index contributed by atoms with van der Waals surface area (Å²) in [6.07, 6.45) is 8.82. The van der Waals surface area contributed by atoms with E-state index in [1.54, 1.807) is 0 Å². The number of carbonyl (C=O) groups excluding carboxylic acids is 1. The van der Waals surface area contributed by atoms with Crippen molar-refractivity contribution in [2.75, 3.05) is 18.0 Å². The molecule has 2 aromatic rings. The van der Waals surface area contributed by atoms with Crippen molar-refractivity contribution in [2.24, 2.45) is 0 Å². The molecule has 1 heterocycles. The number of hydrogen-bond donors (Lipinski definition) is 1. The minimum atomic E-state index is -0.475. The minimum absolute atomic E-state index is 0.0483. The fraction of sp³-hybridized carbons (Fsp3) is 0.519. The van der Waals surface area contributed by atoms with Crippen LogP contribution in [0.15, 0.2) is 42.5 Å². The monoisotopic (exact) mass is 420 g/mol. The van der Waals surface area contributed by atoms with Gasteiger partial charge in [0.2, 0.25) is 0 Å². The van der Waals surface area contributed by atoms with Crippen molar-refractivity contribution < 1.29 is 9.53 Å². The summed E-state index contributed by atoms with van der Waals surface area (Å²) >= 11 is 0. The van der Waals surface area contributed by atoms with Crippen LogP contribution in [-0.4, -0.2) is 25.1 Å². The molecule has 0 radical (unpaired) electrons. The molecular weight excluding hydrogens is 384 g/mol. The van der Waals surface area contributed by atoms with E-state index in [2.05, 4.69) is 46.6 Å². The topological polar surface area (TPSA) is 41.6 Å². The summed E-state index contributed by atoms with van der Waals surface area (Å²) in [6, 6.07) is 14.9. The van der Waals surface area contributed by atoms with Crippen molar-refractivity contribution in [3.63, 3.8) is 0 Å². The van der Waals surface area contributed by atoms with E-state index in [4.69, 9.17) is 4.74 Å². The van der Waals surface area contributed by atoms with E-state index in [1.165, 1.54) is 48.9 Å². The molecule has 0 saturated carbocycles. The lowest BCUT2D eigenvalue weighted by Crippen LogP contribution is -2.39. The van der Waals surface area contributed by atoms with E-state index in [0.29, 0.717) is 6.42 Å². The van der Waals surface area contributed by atoms with E-state index in [-0.39, 0.29) is 11.9 Å². The van der Waals surface area contributed by atoms with Gasteiger partial charge in [-0.15, -0.1) is 0 Å². The Morgan fingerprint density at radius 2 is 1.68 bits per heavy atom. The van der Waals surface area contributed by atoms with E-state index in [0.717, 1.165) is 37.2 Å². The van der Waals surface area contributed by atoms with Gasteiger partial charge in [0, 0.05) is 18.8 Å². The number of rotatable bonds is 7. The summed E-state index contributed by atoms with van der Waals surface area (Å²) in [5.74, 6) is 0.758. The van der Waals surface area contributed by atoms with Crippen LogP contribution in [0.25, 0.3) is 0 Å². The average Bonchev–Trinajstić information content (AvgIpc) is 2.83. The van der Waals surface area contributed by atoms with Gasteiger partial charge in [0.15, 0.2) is 6.10 Å². The largest absolute Gasteiger partial charge is 0.481 e. The number of anilines is 1. The van der Waals surface area contributed by atoms with Crippen LogP contribution in [0.2, 0.25) is 0 Å². The highest BCUT2D eigenvalue weighted by Crippen LogP contribution is 2.27. The average molecular weight is 421 g/mol. The molecule has 0 unspecified atom stereocenters. The molecule has 1 amide bonds. The Kier molecular flexibility index (Phi) is 7.16. The van der Waals surface area contributed by atoms with Gasteiger partial charge >= 0.3 is 0 Å². The van der Waals surface area contributed by atoms with Gasteiger partial charge in [-0.3, -0.25) is 4.79 Å². The predicted octanol–water partition coefficient (Wildman–Crippen LogP) is 5.59. The number of carbonyl (C=O) groups is 1. The lowest BCUT2D eigenvalue weighted by atomic mass is 9.92. The van der Waals surface area contributed by atoms with Crippen LogP contribution in [0.3, 0.4) is 0 Å². The summed E-state index contributed by atoms with van der Waals surface area (Å²) in [5.41, 5.74) is 5.21. The third-order valence-corrected chi connectivity index (χ3v) is 6.73. The Morgan fingerprint density at radius 1 is 0.968 bits per heavy atom. The maximum atomic E-state index is 12.9. The molecule has 31 heavy (non-hydrogen) atoms. The second-order valence-electron chi connectivity index (χ2n) is 9.02. The molecule has 0 spiro atoms. The Balaban J connectivity index is 1.35. The quantitative estimate of drug-likeness (QED) is 0.635. The zero-order valence-corrected chi connectivity index (χ0v) is 19.0. The normalized spacial score (nSPS) is 18.1. The molecule has 0 aromatic heterocycles. The number of amides is 1. The molecule has 0 bridgehead atoms. The van der Waals surface area contributed by atoms with Crippen LogP contribution in [0, 0.1) is 0 Å². The summed E-state index contributed by atoms with van der Waals surface area (Å²) < 4.78 is 6.11. The highest BCUT2D eigenvalue weighted by molar-refractivity contribution is 5.81. The van der Waals surface area contributed by atoms with E-state index in [1.807, 2.05) is 19.9 Å². The number of fused-ring (bicyclic) bond motifs is 1. The smallest absolute Gasteiger partial charge is 0.261 e. The molecular formula is C27H36N2O2.